The van der Waals surface area contributed by atoms with Crippen LogP contribution in [0.15, 0.2) is 28.4 Å². The molecule has 0 aliphatic heterocycles. The van der Waals surface area contributed by atoms with E-state index >= 15 is 0 Å². The summed E-state index contributed by atoms with van der Waals surface area (Å²) in [7, 11) is 3.41. The SMILES string of the molecule is COc1c(C)cnc(CN(C)C(=O)c2csc(-c3ccsc3)n2)c1C. The molecule has 3 rings (SSSR count). The molecule has 3 aromatic heterocycles. The number of carbonyl (C=O) groups is 1. The molecule has 0 N–H and O–H groups in total. The Kier molecular flexibility index (Phi) is 5.15. The van der Waals surface area contributed by atoms with Gasteiger partial charge in [-0.25, -0.2) is 4.98 Å². The molecule has 3 heterocycles. The van der Waals surface area contributed by atoms with Gasteiger partial charge in [0.05, 0.1) is 19.3 Å². The fourth-order valence-electron chi connectivity index (χ4n) is 2.61. The van der Waals surface area contributed by atoms with Gasteiger partial charge in [0.25, 0.3) is 5.91 Å². The molecule has 0 aliphatic rings. The van der Waals surface area contributed by atoms with Gasteiger partial charge in [-0.3, -0.25) is 9.78 Å². The molecule has 1 amide bonds. The van der Waals surface area contributed by atoms with Crippen molar-refractivity contribution in [2.45, 2.75) is 20.4 Å². The second-order valence-corrected chi connectivity index (χ2v) is 7.40. The number of thiophene rings is 1. The normalized spacial score (nSPS) is 10.7. The van der Waals surface area contributed by atoms with Crippen molar-refractivity contribution >= 4 is 28.6 Å². The fraction of sp³-hybridized carbons (Fsp3) is 0.278. The van der Waals surface area contributed by atoms with Crippen LogP contribution in [-0.2, 0) is 6.54 Å². The van der Waals surface area contributed by atoms with E-state index in [0.717, 1.165) is 33.1 Å². The summed E-state index contributed by atoms with van der Waals surface area (Å²) in [6.45, 7) is 4.33. The maximum Gasteiger partial charge on any atom is 0.273 e. The smallest absolute Gasteiger partial charge is 0.273 e. The summed E-state index contributed by atoms with van der Waals surface area (Å²) in [5, 5.41) is 6.71. The van der Waals surface area contributed by atoms with Crippen molar-refractivity contribution in [1.82, 2.24) is 14.9 Å². The first-order valence-corrected chi connectivity index (χ1v) is 9.56. The minimum atomic E-state index is -0.113. The third-order valence-electron chi connectivity index (χ3n) is 3.97. The molecule has 5 nitrogen and oxygen atoms in total. The van der Waals surface area contributed by atoms with Crippen molar-refractivity contribution in [2.24, 2.45) is 0 Å². The summed E-state index contributed by atoms with van der Waals surface area (Å²) in [4.78, 5) is 23.2. The van der Waals surface area contributed by atoms with Gasteiger partial charge in [-0.05, 0) is 25.3 Å². The molecule has 0 bridgehead atoms. The van der Waals surface area contributed by atoms with Crippen molar-refractivity contribution in [1.29, 1.82) is 0 Å². The Balaban J connectivity index is 1.78. The Bertz CT molecular complexity index is 888. The number of methoxy groups -OCH3 is 1. The van der Waals surface area contributed by atoms with E-state index in [1.54, 1.807) is 36.6 Å². The average Bonchev–Trinajstić information content (AvgIpc) is 3.28. The van der Waals surface area contributed by atoms with Crippen molar-refractivity contribution < 1.29 is 9.53 Å². The number of carbonyl (C=O) groups excluding carboxylic acids is 1. The van der Waals surface area contributed by atoms with Crippen LogP contribution in [-0.4, -0.2) is 34.9 Å². The van der Waals surface area contributed by atoms with Crippen molar-refractivity contribution in [3.63, 3.8) is 0 Å². The summed E-state index contributed by atoms with van der Waals surface area (Å²) < 4.78 is 5.43. The Labute approximate surface area is 154 Å². The van der Waals surface area contributed by atoms with Crippen LogP contribution in [0.25, 0.3) is 10.6 Å². The van der Waals surface area contributed by atoms with Gasteiger partial charge in [0.2, 0.25) is 0 Å². The van der Waals surface area contributed by atoms with Gasteiger partial charge >= 0.3 is 0 Å². The summed E-state index contributed by atoms with van der Waals surface area (Å²) >= 11 is 3.10. The van der Waals surface area contributed by atoms with Crippen molar-refractivity contribution in [2.75, 3.05) is 14.2 Å². The lowest BCUT2D eigenvalue weighted by Crippen LogP contribution is -2.27. The van der Waals surface area contributed by atoms with Crippen LogP contribution in [0.4, 0.5) is 0 Å². The van der Waals surface area contributed by atoms with Gasteiger partial charge in [-0.2, -0.15) is 11.3 Å². The highest BCUT2D eigenvalue weighted by atomic mass is 32.1. The number of nitrogens with zero attached hydrogens (tertiary/aromatic N) is 3. The zero-order valence-corrected chi connectivity index (χ0v) is 16.2. The Hall–Kier alpha value is -2.25. The fourth-order valence-corrected chi connectivity index (χ4v) is 4.12. The maximum atomic E-state index is 12.7. The molecule has 0 saturated carbocycles. The van der Waals surface area contributed by atoms with Gasteiger partial charge < -0.3 is 9.64 Å². The highest BCUT2D eigenvalue weighted by molar-refractivity contribution is 7.14. The topological polar surface area (TPSA) is 55.3 Å². The number of hydrogen-bond acceptors (Lipinski definition) is 6. The number of thiazole rings is 1. The van der Waals surface area contributed by atoms with Gasteiger partial charge in [-0.15, -0.1) is 11.3 Å². The molecular weight excluding hydrogens is 354 g/mol. The summed E-state index contributed by atoms with van der Waals surface area (Å²) in [6, 6.07) is 2.01. The number of pyridine rings is 1. The summed E-state index contributed by atoms with van der Waals surface area (Å²) in [5.41, 5.74) is 4.28. The van der Waals surface area contributed by atoms with Crippen LogP contribution in [0.1, 0.15) is 27.3 Å². The molecule has 0 spiro atoms. The monoisotopic (exact) mass is 373 g/mol. The lowest BCUT2D eigenvalue weighted by molar-refractivity contribution is 0.0778. The van der Waals surface area contributed by atoms with E-state index < -0.39 is 0 Å². The predicted molar refractivity (Wildman–Crippen MR) is 101 cm³/mol. The lowest BCUT2D eigenvalue weighted by atomic mass is 10.1. The molecule has 0 atom stereocenters. The van der Waals surface area contributed by atoms with E-state index in [1.807, 2.05) is 36.1 Å². The van der Waals surface area contributed by atoms with Crippen LogP contribution in [0.5, 0.6) is 5.75 Å². The van der Waals surface area contributed by atoms with E-state index in [-0.39, 0.29) is 5.91 Å². The largest absolute Gasteiger partial charge is 0.496 e. The molecule has 0 aliphatic carbocycles. The number of amides is 1. The van der Waals surface area contributed by atoms with E-state index in [4.69, 9.17) is 4.74 Å². The zero-order chi connectivity index (χ0) is 18.0. The second kappa shape index (κ2) is 7.33. The minimum Gasteiger partial charge on any atom is -0.496 e. The summed E-state index contributed by atoms with van der Waals surface area (Å²) in [6.07, 6.45) is 1.77. The van der Waals surface area contributed by atoms with Gasteiger partial charge in [-0.1, -0.05) is 0 Å². The van der Waals surface area contributed by atoms with Gasteiger partial charge in [0, 0.05) is 40.7 Å². The first kappa shape index (κ1) is 17.6. The van der Waals surface area contributed by atoms with E-state index in [1.165, 1.54) is 11.3 Å². The maximum absolute atomic E-state index is 12.7. The molecule has 0 saturated heterocycles. The molecular formula is C18H19N3O2S2. The van der Waals surface area contributed by atoms with E-state index in [0.29, 0.717) is 12.2 Å². The second-order valence-electron chi connectivity index (χ2n) is 5.76. The molecule has 0 unspecified atom stereocenters. The van der Waals surface area contributed by atoms with Crippen LogP contribution < -0.4 is 4.74 Å². The standard InChI is InChI=1S/C18H19N3O2S2/c1-11-7-19-14(12(2)16(11)23-4)8-21(3)18(22)15-10-25-17(20-15)13-5-6-24-9-13/h5-7,9-10H,8H2,1-4H3. The van der Waals surface area contributed by atoms with Gasteiger partial charge in [0.1, 0.15) is 16.5 Å². The molecule has 0 aromatic carbocycles. The Morgan fingerprint density at radius 2 is 2.12 bits per heavy atom. The first-order valence-electron chi connectivity index (χ1n) is 7.74. The average molecular weight is 374 g/mol. The Morgan fingerprint density at radius 3 is 2.80 bits per heavy atom. The highest BCUT2D eigenvalue weighted by Crippen LogP contribution is 2.27. The Morgan fingerprint density at radius 1 is 1.32 bits per heavy atom. The molecule has 25 heavy (non-hydrogen) atoms. The van der Waals surface area contributed by atoms with Crippen molar-refractivity contribution in [3.8, 4) is 16.3 Å². The van der Waals surface area contributed by atoms with Gasteiger partial charge in [0.15, 0.2) is 0 Å². The zero-order valence-electron chi connectivity index (χ0n) is 14.6. The lowest BCUT2D eigenvalue weighted by Gasteiger charge is -2.18. The quantitative estimate of drug-likeness (QED) is 0.674. The third-order valence-corrected chi connectivity index (χ3v) is 5.55. The highest BCUT2D eigenvalue weighted by Gasteiger charge is 2.19. The van der Waals surface area contributed by atoms with Crippen LogP contribution in [0.2, 0.25) is 0 Å². The van der Waals surface area contributed by atoms with Crippen LogP contribution in [0.3, 0.4) is 0 Å². The molecule has 0 radical (unpaired) electrons. The first-order chi connectivity index (χ1) is 12.0. The number of aryl methyl sites for hydroxylation is 1. The molecule has 7 heteroatoms. The number of hydrogen-bond donors (Lipinski definition) is 0. The van der Waals surface area contributed by atoms with Crippen molar-refractivity contribution in [3.05, 3.63) is 50.9 Å². The third kappa shape index (κ3) is 3.57. The number of ether oxygens (including phenoxy) is 1. The molecule has 130 valence electrons. The van der Waals surface area contributed by atoms with Crippen LogP contribution >= 0.6 is 22.7 Å². The number of aromatic nitrogens is 2. The number of rotatable bonds is 5. The van der Waals surface area contributed by atoms with Crippen LogP contribution in [0, 0.1) is 13.8 Å². The van der Waals surface area contributed by atoms with E-state index in [2.05, 4.69) is 9.97 Å². The minimum absolute atomic E-state index is 0.113. The summed E-state index contributed by atoms with van der Waals surface area (Å²) in [5.74, 6) is 0.706. The predicted octanol–water partition coefficient (Wildman–Crippen LogP) is 4.16. The molecule has 3 aromatic rings. The van der Waals surface area contributed by atoms with E-state index in [9.17, 15) is 4.79 Å². The molecule has 0 fully saturated rings.